The quantitative estimate of drug-likeness (QED) is 0.567. The van der Waals surface area contributed by atoms with Gasteiger partial charge in [-0.15, -0.1) is 0 Å². The first-order chi connectivity index (χ1) is 13.8. The van der Waals surface area contributed by atoms with E-state index in [2.05, 4.69) is 5.32 Å². The number of hydrogen-bond acceptors (Lipinski definition) is 6. The van der Waals surface area contributed by atoms with Crippen molar-refractivity contribution in [2.45, 2.75) is 30.3 Å². The van der Waals surface area contributed by atoms with Crippen LogP contribution in [0.4, 0.5) is 0 Å². The van der Waals surface area contributed by atoms with Crippen molar-refractivity contribution in [3.63, 3.8) is 0 Å². The Bertz CT molecular complexity index is 828. The van der Waals surface area contributed by atoms with Gasteiger partial charge in [0, 0.05) is 23.3 Å². The molecule has 0 fully saturated rings. The lowest BCUT2D eigenvalue weighted by molar-refractivity contribution is -0.203. The maximum atomic E-state index is 12.6. The highest BCUT2D eigenvalue weighted by Gasteiger charge is 2.20. The van der Waals surface area contributed by atoms with E-state index in [4.69, 9.17) is 19.2 Å². The maximum Gasteiger partial charge on any atom is 0.169 e. The molecule has 28 heavy (non-hydrogen) atoms. The van der Waals surface area contributed by atoms with Crippen molar-refractivity contribution in [3.05, 3.63) is 48.0 Å². The van der Waals surface area contributed by atoms with Gasteiger partial charge in [-0.3, -0.25) is 4.21 Å². The highest BCUT2D eigenvalue weighted by molar-refractivity contribution is 7.85. The molecular formula is C21H25NO5S. The van der Waals surface area contributed by atoms with Gasteiger partial charge in [0.05, 0.1) is 17.4 Å². The molecule has 2 unspecified atom stereocenters. The fraction of sp³-hybridized carbons (Fsp3) is 0.429. The Balaban J connectivity index is 1.19. The highest BCUT2D eigenvalue weighted by Crippen LogP contribution is 2.30. The molecule has 0 spiro atoms. The first-order valence-corrected chi connectivity index (χ1v) is 11.0. The minimum atomic E-state index is -1.06. The first-order valence-electron chi connectivity index (χ1n) is 9.69. The summed E-state index contributed by atoms with van der Waals surface area (Å²) in [5, 5.41) is 3.37. The summed E-state index contributed by atoms with van der Waals surface area (Å²) in [7, 11) is -1.06. The molecule has 0 aromatic heterocycles. The highest BCUT2D eigenvalue weighted by atomic mass is 32.2. The zero-order chi connectivity index (χ0) is 19.2. The van der Waals surface area contributed by atoms with Crippen LogP contribution >= 0.6 is 0 Å². The maximum absolute atomic E-state index is 12.6. The van der Waals surface area contributed by atoms with Crippen LogP contribution in [0.5, 0.6) is 17.2 Å². The fourth-order valence-electron chi connectivity index (χ4n) is 3.26. The van der Waals surface area contributed by atoms with E-state index in [0.29, 0.717) is 31.3 Å². The van der Waals surface area contributed by atoms with Crippen LogP contribution in [0.15, 0.2) is 47.4 Å². The van der Waals surface area contributed by atoms with Crippen molar-refractivity contribution in [2.75, 3.05) is 32.1 Å². The van der Waals surface area contributed by atoms with Gasteiger partial charge in [0.15, 0.2) is 17.2 Å². The Hall–Kier alpha value is -2.09. The molecule has 2 heterocycles. The van der Waals surface area contributed by atoms with E-state index < -0.39 is 10.8 Å². The third-order valence-electron chi connectivity index (χ3n) is 4.75. The lowest BCUT2D eigenvalue weighted by atomic mass is 10.1. The Morgan fingerprint density at radius 1 is 1.11 bits per heavy atom. The van der Waals surface area contributed by atoms with Crippen molar-refractivity contribution in [3.8, 4) is 17.2 Å². The lowest BCUT2D eigenvalue weighted by Crippen LogP contribution is -2.38. The van der Waals surface area contributed by atoms with E-state index in [-0.39, 0.29) is 6.10 Å². The third-order valence-corrected chi connectivity index (χ3v) is 6.19. The van der Waals surface area contributed by atoms with Crippen molar-refractivity contribution >= 4 is 10.8 Å². The molecule has 0 amide bonds. The minimum Gasteiger partial charge on any atom is -0.486 e. The van der Waals surface area contributed by atoms with Gasteiger partial charge in [-0.25, -0.2) is 0 Å². The number of hydrogen-bond donors (Lipinski definition) is 1. The van der Waals surface area contributed by atoms with Crippen molar-refractivity contribution in [1.82, 2.24) is 5.32 Å². The standard InChI is InChI=1S/C21H25NO5S/c23-28(18-9-8-16-5-3-11-25-27-21(16)13-18)12-4-10-22-14-17-15-24-19-6-1-2-7-20(19)26-17/h1-2,6-9,13,17,22H,3-5,10-12,14-15H2. The Kier molecular flexibility index (Phi) is 6.46. The topological polar surface area (TPSA) is 66.0 Å². The summed E-state index contributed by atoms with van der Waals surface area (Å²) < 4.78 is 24.2. The molecule has 7 heteroatoms. The minimum absolute atomic E-state index is 0.0119. The molecule has 150 valence electrons. The third kappa shape index (κ3) is 4.84. The molecule has 2 aromatic rings. The number of aryl methyl sites for hydroxylation is 1. The summed E-state index contributed by atoms with van der Waals surface area (Å²) in [6.45, 7) is 2.59. The molecule has 6 nitrogen and oxygen atoms in total. The summed E-state index contributed by atoms with van der Waals surface area (Å²) in [5.74, 6) is 2.87. The van der Waals surface area contributed by atoms with Crippen molar-refractivity contribution in [2.24, 2.45) is 0 Å². The molecule has 1 N–H and O–H groups in total. The number of nitrogens with one attached hydrogen (secondary N) is 1. The van der Waals surface area contributed by atoms with Crippen LogP contribution in [-0.2, 0) is 22.1 Å². The number of para-hydroxylation sites is 2. The molecule has 0 saturated heterocycles. The number of rotatable bonds is 7. The van der Waals surface area contributed by atoms with Crippen LogP contribution < -0.4 is 19.7 Å². The summed E-state index contributed by atoms with van der Waals surface area (Å²) in [4.78, 5) is 11.2. The van der Waals surface area contributed by atoms with Gasteiger partial charge in [-0.1, -0.05) is 18.2 Å². The average molecular weight is 404 g/mol. The molecule has 0 bridgehead atoms. The second-order valence-corrected chi connectivity index (χ2v) is 8.45. The number of ether oxygens (including phenoxy) is 2. The molecule has 2 aromatic carbocycles. The molecule has 0 saturated carbocycles. The van der Waals surface area contributed by atoms with Crippen LogP contribution in [0.25, 0.3) is 0 Å². The zero-order valence-electron chi connectivity index (χ0n) is 15.7. The van der Waals surface area contributed by atoms with Gasteiger partial charge in [0.25, 0.3) is 0 Å². The Morgan fingerprint density at radius 2 is 2.00 bits per heavy atom. The molecule has 4 rings (SSSR count). The van der Waals surface area contributed by atoms with E-state index in [1.165, 1.54) is 0 Å². The lowest BCUT2D eigenvalue weighted by Gasteiger charge is -2.26. The van der Waals surface area contributed by atoms with Gasteiger partial charge < -0.3 is 19.7 Å². The first kappa shape index (κ1) is 19.2. The van der Waals surface area contributed by atoms with E-state index >= 15 is 0 Å². The molecule has 2 aliphatic heterocycles. The van der Waals surface area contributed by atoms with Crippen molar-refractivity contribution < 1.29 is 23.5 Å². The van der Waals surface area contributed by atoms with Crippen LogP contribution in [-0.4, -0.2) is 42.4 Å². The molecule has 0 radical (unpaired) electrons. The van der Waals surface area contributed by atoms with Gasteiger partial charge in [0.1, 0.15) is 12.7 Å². The predicted molar refractivity (Wildman–Crippen MR) is 106 cm³/mol. The predicted octanol–water partition coefficient (Wildman–Crippen LogP) is 2.87. The van der Waals surface area contributed by atoms with Crippen LogP contribution in [0.3, 0.4) is 0 Å². The molecular weight excluding hydrogens is 378 g/mol. The number of fused-ring (bicyclic) bond motifs is 2. The van der Waals surface area contributed by atoms with Crippen LogP contribution in [0.1, 0.15) is 18.4 Å². The van der Waals surface area contributed by atoms with Gasteiger partial charge in [-0.2, -0.15) is 4.89 Å². The SMILES string of the molecule is O=S(CCCNCC1COc2ccccc2O1)c1ccc2c(c1)OOCCC2. The Morgan fingerprint density at radius 3 is 2.93 bits per heavy atom. The normalized spacial score (nSPS) is 19.2. The van der Waals surface area contributed by atoms with Gasteiger partial charge in [-0.05, 0) is 49.6 Å². The molecule has 2 aliphatic rings. The number of benzene rings is 2. The summed E-state index contributed by atoms with van der Waals surface area (Å²) in [6.07, 6.45) is 2.65. The van der Waals surface area contributed by atoms with E-state index in [1.807, 2.05) is 42.5 Å². The second kappa shape index (κ2) is 9.41. The largest absolute Gasteiger partial charge is 0.486 e. The zero-order valence-corrected chi connectivity index (χ0v) is 16.5. The van der Waals surface area contributed by atoms with Crippen molar-refractivity contribution in [1.29, 1.82) is 0 Å². The summed E-state index contributed by atoms with van der Waals surface area (Å²) >= 11 is 0. The fourth-order valence-corrected chi connectivity index (χ4v) is 4.36. The summed E-state index contributed by atoms with van der Waals surface area (Å²) in [6, 6.07) is 13.5. The van der Waals surface area contributed by atoms with Gasteiger partial charge in [0.2, 0.25) is 0 Å². The molecule has 0 aliphatic carbocycles. The van der Waals surface area contributed by atoms with Gasteiger partial charge >= 0.3 is 0 Å². The molecule has 2 atom stereocenters. The summed E-state index contributed by atoms with van der Waals surface area (Å²) in [5.41, 5.74) is 1.11. The monoisotopic (exact) mass is 403 g/mol. The smallest absolute Gasteiger partial charge is 0.169 e. The van der Waals surface area contributed by atoms with E-state index in [1.54, 1.807) is 0 Å². The average Bonchev–Trinajstić information content (AvgIpc) is 2.98. The van der Waals surface area contributed by atoms with Crippen LogP contribution in [0.2, 0.25) is 0 Å². The van der Waals surface area contributed by atoms with E-state index in [0.717, 1.165) is 47.8 Å². The Labute approximate surface area is 167 Å². The second-order valence-electron chi connectivity index (χ2n) is 6.88. The van der Waals surface area contributed by atoms with E-state index in [9.17, 15) is 4.21 Å². The van der Waals surface area contributed by atoms with Crippen LogP contribution in [0, 0.1) is 0 Å².